The monoisotopic (exact) mass is 341 g/mol. The van der Waals surface area contributed by atoms with E-state index in [-0.39, 0.29) is 17.8 Å². The van der Waals surface area contributed by atoms with Crippen molar-refractivity contribution in [2.75, 3.05) is 13.2 Å². The van der Waals surface area contributed by atoms with Crippen LogP contribution in [0.3, 0.4) is 0 Å². The number of fused-ring (bicyclic) bond motifs is 1. The molecule has 1 heterocycles. The molecule has 0 bridgehead atoms. The number of halogens is 1. The lowest BCUT2D eigenvalue weighted by Crippen LogP contribution is -2.24. The van der Waals surface area contributed by atoms with Crippen molar-refractivity contribution in [3.8, 4) is 11.5 Å². The molecule has 2 aromatic carbocycles. The van der Waals surface area contributed by atoms with Crippen molar-refractivity contribution >= 4 is 12.0 Å². The average molecular weight is 341 g/mol. The lowest BCUT2D eigenvalue weighted by molar-refractivity contribution is -0.117. The van der Waals surface area contributed by atoms with Gasteiger partial charge in [-0.25, -0.2) is 4.39 Å². The summed E-state index contributed by atoms with van der Waals surface area (Å²) in [6.45, 7) is 3.14. The lowest BCUT2D eigenvalue weighted by Gasteiger charge is -2.15. The first kappa shape index (κ1) is 17.0. The molecular weight excluding hydrogens is 321 g/mol. The molecule has 0 saturated carbocycles. The van der Waals surface area contributed by atoms with Crippen LogP contribution in [0.4, 0.5) is 4.39 Å². The van der Waals surface area contributed by atoms with Crippen LogP contribution in [-0.2, 0) is 4.79 Å². The summed E-state index contributed by atoms with van der Waals surface area (Å²) in [4.78, 5) is 12.1. The van der Waals surface area contributed by atoms with Crippen LogP contribution in [0, 0.1) is 5.82 Å². The van der Waals surface area contributed by atoms with E-state index in [9.17, 15) is 9.18 Å². The van der Waals surface area contributed by atoms with Gasteiger partial charge in [0.2, 0.25) is 5.91 Å². The summed E-state index contributed by atoms with van der Waals surface area (Å²) in [5.74, 6) is 0.766. The smallest absolute Gasteiger partial charge is 0.244 e. The molecule has 0 spiro atoms. The summed E-state index contributed by atoms with van der Waals surface area (Å²) in [5.41, 5.74) is 1.29. The van der Waals surface area contributed by atoms with Crippen LogP contribution in [0.15, 0.2) is 48.5 Å². The minimum Gasteiger partial charge on any atom is -0.490 e. The van der Waals surface area contributed by atoms with Gasteiger partial charge in [0.05, 0.1) is 19.3 Å². The van der Waals surface area contributed by atoms with Crippen molar-refractivity contribution in [1.29, 1.82) is 0 Å². The zero-order valence-electron chi connectivity index (χ0n) is 14.0. The standard InChI is InChI=1S/C20H20FNO3/c1-14(16-7-9-18-19(13-16)25-12-4-11-24-18)22-20(23)10-8-15-5-2-3-6-17(15)21/h2-3,5-10,13-14H,4,11-12H2,1H3,(H,22,23). The highest BCUT2D eigenvalue weighted by atomic mass is 19.1. The highest BCUT2D eigenvalue weighted by Crippen LogP contribution is 2.32. The molecule has 1 N–H and O–H groups in total. The quantitative estimate of drug-likeness (QED) is 0.859. The number of ether oxygens (including phenoxy) is 2. The van der Waals surface area contributed by atoms with Crippen LogP contribution >= 0.6 is 0 Å². The number of amides is 1. The van der Waals surface area contributed by atoms with Gasteiger partial charge in [-0.15, -0.1) is 0 Å². The van der Waals surface area contributed by atoms with E-state index in [2.05, 4.69) is 5.32 Å². The average Bonchev–Trinajstić information content (AvgIpc) is 2.85. The lowest BCUT2D eigenvalue weighted by atomic mass is 10.1. The van der Waals surface area contributed by atoms with Crippen LogP contribution in [0.1, 0.15) is 30.5 Å². The topological polar surface area (TPSA) is 47.6 Å². The predicted octanol–water partition coefficient (Wildman–Crippen LogP) is 3.88. The fraction of sp³-hybridized carbons (Fsp3) is 0.250. The molecular formula is C20H20FNO3. The molecule has 130 valence electrons. The van der Waals surface area contributed by atoms with E-state index >= 15 is 0 Å². The zero-order chi connectivity index (χ0) is 17.6. The Morgan fingerprint density at radius 3 is 2.72 bits per heavy atom. The molecule has 0 aromatic heterocycles. The third kappa shape index (κ3) is 4.38. The van der Waals surface area contributed by atoms with E-state index in [1.165, 1.54) is 18.2 Å². The Kier molecular flexibility index (Phi) is 5.33. The van der Waals surface area contributed by atoms with Gasteiger partial charge in [-0.2, -0.15) is 0 Å². The number of hydrogen-bond donors (Lipinski definition) is 1. The van der Waals surface area contributed by atoms with Gasteiger partial charge in [-0.05, 0) is 36.8 Å². The third-order valence-corrected chi connectivity index (χ3v) is 3.95. The maximum absolute atomic E-state index is 13.6. The van der Waals surface area contributed by atoms with Gasteiger partial charge >= 0.3 is 0 Å². The van der Waals surface area contributed by atoms with E-state index in [0.717, 1.165) is 17.7 Å². The summed E-state index contributed by atoms with van der Waals surface area (Å²) >= 11 is 0. The first-order valence-corrected chi connectivity index (χ1v) is 8.26. The molecule has 5 heteroatoms. The molecule has 0 radical (unpaired) electrons. The van der Waals surface area contributed by atoms with Gasteiger partial charge in [0, 0.05) is 18.1 Å². The number of nitrogens with one attached hydrogen (secondary N) is 1. The predicted molar refractivity (Wildman–Crippen MR) is 94.0 cm³/mol. The van der Waals surface area contributed by atoms with Gasteiger partial charge in [0.15, 0.2) is 11.5 Å². The summed E-state index contributed by atoms with van der Waals surface area (Å²) in [6, 6.07) is 11.7. The van der Waals surface area contributed by atoms with Crippen LogP contribution in [0.2, 0.25) is 0 Å². The number of rotatable bonds is 4. The van der Waals surface area contributed by atoms with Crippen molar-refractivity contribution < 1.29 is 18.7 Å². The number of carbonyl (C=O) groups is 1. The summed E-state index contributed by atoms with van der Waals surface area (Å²) in [5, 5.41) is 2.86. The van der Waals surface area contributed by atoms with E-state index in [1.54, 1.807) is 18.2 Å². The second-order valence-corrected chi connectivity index (χ2v) is 5.84. The molecule has 1 unspecified atom stereocenters. The van der Waals surface area contributed by atoms with Crippen LogP contribution in [0.25, 0.3) is 6.08 Å². The van der Waals surface area contributed by atoms with Crippen LogP contribution in [-0.4, -0.2) is 19.1 Å². The minimum atomic E-state index is -0.359. The highest BCUT2D eigenvalue weighted by molar-refractivity contribution is 5.92. The molecule has 0 saturated heterocycles. The Bertz CT molecular complexity index is 788. The molecule has 1 atom stereocenters. The molecule has 3 rings (SSSR count). The highest BCUT2D eigenvalue weighted by Gasteiger charge is 2.14. The molecule has 4 nitrogen and oxygen atoms in total. The minimum absolute atomic E-state index is 0.213. The summed E-state index contributed by atoms with van der Waals surface area (Å²) in [7, 11) is 0. The molecule has 25 heavy (non-hydrogen) atoms. The van der Waals surface area contributed by atoms with Crippen molar-refractivity contribution in [2.45, 2.75) is 19.4 Å². The first-order chi connectivity index (χ1) is 12.1. The number of hydrogen-bond acceptors (Lipinski definition) is 3. The molecule has 0 fully saturated rings. The molecule has 2 aromatic rings. The Hall–Kier alpha value is -2.82. The Labute approximate surface area is 146 Å². The van der Waals surface area contributed by atoms with E-state index in [0.29, 0.717) is 24.5 Å². The molecule has 0 aliphatic carbocycles. The second kappa shape index (κ2) is 7.83. The zero-order valence-corrected chi connectivity index (χ0v) is 14.0. The van der Waals surface area contributed by atoms with E-state index in [1.807, 2.05) is 25.1 Å². The molecule has 1 aliphatic rings. The van der Waals surface area contributed by atoms with Gasteiger partial charge in [0.1, 0.15) is 5.82 Å². The van der Waals surface area contributed by atoms with Crippen molar-refractivity contribution in [1.82, 2.24) is 5.32 Å². The van der Waals surface area contributed by atoms with Gasteiger partial charge in [0.25, 0.3) is 0 Å². The van der Waals surface area contributed by atoms with Gasteiger partial charge < -0.3 is 14.8 Å². The Morgan fingerprint density at radius 1 is 1.16 bits per heavy atom. The first-order valence-electron chi connectivity index (χ1n) is 8.26. The molecule has 1 aliphatic heterocycles. The van der Waals surface area contributed by atoms with Gasteiger partial charge in [-0.1, -0.05) is 24.3 Å². The number of benzene rings is 2. The molecule has 1 amide bonds. The van der Waals surface area contributed by atoms with E-state index < -0.39 is 0 Å². The van der Waals surface area contributed by atoms with E-state index in [4.69, 9.17) is 9.47 Å². The normalized spacial score (nSPS) is 14.8. The van der Waals surface area contributed by atoms with Crippen molar-refractivity contribution in [3.05, 3.63) is 65.5 Å². The fourth-order valence-corrected chi connectivity index (χ4v) is 2.57. The van der Waals surface area contributed by atoms with Crippen molar-refractivity contribution in [3.63, 3.8) is 0 Å². The summed E-state index contributed by atoms with van der Waals surface area (Å²) in [6.07, 6.45) is 3.64. The Balaban J connectivity index is 1.65. The van der Waals surface area contributed by atoms with Gasteiger partial charge in [-0.3, -0.25) is 4.79 Å². The fourth-order valence-electron chi connectivity index (χ4n) is 2.57. The largest absolute Gasteiger partial charge is 0.490 e. The maximum atomic E-state index is 13.6. The van der Waals surface area contributed by atoms with Crippen LogP contribution in [0.5, 0.6) is 11.5 Å². The SMILES string of the molecule is CC(NC(=O)C=Cc1ccccc1F)c1ccc2c(c1)OCCCO2. The van der Waals surface area contributed by atoms with Crippen molar-refractivity contribution in [2.24, 2.45) is 0 Å². The number of carbonyl (C=O) groups excluding carboxylic acids is 1. The third-order valence-electron chi connectivity index (χ3n) is 3.95. The maximum Gasteiger partial charge on any atom is 0.244 e. The second-order valence-electron chi connectivity index (χ2n) is 5.84. The Morgan fingerprint density at radius 2 is 1.92 bits per heavy atom. The summed E-state index contributed by atoms with van der Waals surface area (Å²) < 4.78 is 24.8. The van der Waals surface area contributed by atoms with Crippen LogP contribution < -0.4 is 14.8 Å².